The number of alkyl halides is 3. The summed E-state index contributed by atoms with van der Waals surface area (Å²) in [6.07, 6.45) is -1.86. The van der Waals surface area contributed by atoms with E-state index in [0.717, 1.165) is 6.26 Å². The number of ether oxygens (including phenoxy) is 1. The first kappa shape index (κ1) is 26.5. The van der Waals surface area contributed by atoms with Gasteiger partial charge in [-0.25, -0.2) is 8.42 Å². The molecule has 11 heteroatoms. The lowest BCUT2D eigenvalue weighted by molar-refractivity contribution is -0.271. The van der Waals surface area contributed by atoms with Crippen LogP contribution in [0.3, 0.4) is 0 Å². The Labute approximate surface area is 208 Å². The number of hydrogen-bond acceptors (Lipinski definition) is 6. The molecule has 1 N–H and O–H groups in total. The summed E-state index contributed by atoms with van der Waals surface area (Å²) in [5.74, 6) is 0.374. The van der Waals surface area contributed by atoms with Crippen LogP contribution in [0.1, 0.15) is 43.5 Å². The van der Waals surface area contributed by atoms with Crippen LogP contribution in [0.25, 0.3) is 0 Å². The van der Waals surface area contributed by atoms with Crippen LogP contribution in [0.5, 0.6) is 5.75 Å². The maximum Gasteiger partial charge on any atom is 0.418 e. The number of sulfone groups is 1. The molecule has 1 aromatic carbocycles. The smallest absolute Gasteiger partial charge is 0.418 e. The van der Waals surface area contributed by atoms with E-state index in [1.807, 2.05) is 0 Å². The van der Waals surface area contributed by atoms with E-state index in [9.17, 15) is 31.5 Å². The third-order valence-corrected chi connectivity index (χ3v) is 8.25. The average molecular weight is 529 g/mol. The molecule has 2 aliphatic heterocycles. The second-order valence-electron chi connectivity index (χ2n) is 10.5. The fraction of sp³-hybridized carbons (Fsp3) is 0.560. The number of anilines is 1. The zero-order valence-electron chi connectivity index (χ0n) is 20.8. The Balaban J connectivity index is 1.79. The number of fused-ring (bicyclic) bond motifs is 2. The molecule has 0 fully saturated rings. The van der Waals surface area contributed by atoms with Gasteiger partial charge in [0.1, 0.15) is 11.4 Å². The largest absolute Gasteiger partial charge is 0.493 e. The molecule has 1 aromatic heterocycles. The lowest BCUT2D eigenvalue weighted by atomic mass is 9.74. The molecule has 0 bridgehead atoms. The maximum atomic E-state index is 14.5. The summed E-state index contributed by atoms with van der Waals surface area (Å²) in [5.41, 5.74) is -3.02. The van der Waals surface area contributed by atoms with Crippen LogP contribution in [0.2, 0.25) is 0 Å². The highest BCUT2D eigenvalue weighted by molar-refractivity contribution is 7.90. The van der Waals surface area contributed by atoms with Crippen LogP contribution in [0.15, 0.2) is 34.1 Å². The number of aliphatic hydroxyl groups is 1. The Hall–Kier alpha value is -2.53. The van der Waals surface area contributed by atoms with Gasteiger partial charge in [0.15, 0.2) is 15.4 Å². The lowest BCUT2D eigenvalue weighted by Crippen LogP contribution is -2.52. The summed E-state index contributed by atoms with van der Waals surface area (Å²) in [6, 6.07) is 4.07. The Kier molecular flexibility index (Phi) is 6.48. The Morgan fingerprint density at radius 2 is 1.86 bits per heavy atom. The fourth-order valence-electron chi connectivity index (χ4n) is 5.37. The first-order chi connectivity index (χ1) is 16.5. The molecule has 0 spiro atoms. The molecule has 4 rings (SSSR count). The predicted octanol–water partition coefficient (Wildman–Crippen LogP) is 3.23. The Morgan fingerprint density at radius 3 is 2.50 bits per heavy atom. The molecule has 3 heterocycles. The lowest BCUT2D eigenvalue weighted by Gasteiger charge is -2.40. The summed E-state index contributed by atoms with van der Waals surface area (Å²) in [6.45, 7) is 3.20. The van der Waals surface area contributed by atoms with Crippen molar-refractivity contribution in [3.8, 4) is 5.75 Å². The number of rotatable bonds is 6. The quantitative estimate of drug-likeness (QED) is 0.620. The van der Waals surface area contributed by atoms with Gasteiger partial charge < -0.3 is 19.3 Å². The number of nitrogens with zero attached hydrogens (tertiary/aromatic N) is 2. The molecule has 0 radical (unpaired) electrons. The maximum absolute atomic E-state index is 14.5. The van der Waals surface area contributed by atoms with Crippen LogP contribution >= 0.6 is 0 Å². The molecule has 7 nitrogen and oxygen atoms in total. The van der Waals surface area contributed by atoms with E-state index >= 15 is 0 Å². The van der Waals surface area contributed by atoms with Crippen LogP contribution in [0, 0.1) is 0 Å². The zero-order valence-corrected chi connectivity index (χ0v) is 21.6. The van der Waals surface area contributed by atoms with Crippen LogP contribution in [-0.4, -0.2) is 56.3 Å². The van der Waals surface area contributed by atoms with Crippen molar-refractivity contribution in [1.29, 1.82) is 0 Å². The molecule has 2 aromatic rings. The van der Waals surface area contributed by atoms with Crippen molar-refractivity contribution in [2.45, 2.75) is 68.2 Å². The van der Waals surface area contributed by atoms with Crippen molar-refractivity contribution in [2.24, 2.45) is 0 Å². The van der Waals surface area contributed by atoms with Gasteiger partial charge in [-0.1, -0.05) is 13.8 Å². The minimum absolute atomic E-state index is 0.00268. The molecule has 0 amide bonds. The minimum atomic E-state index is -5.00. The standard InChI is InChI=1S/C25H31F3N2O5S/c1-23(2,18-13-17(36(4,33)34)12-16-8-11-35-22(16)18)14-24(32,25(26,27)28)15-30-10-7-20(31)21-19(30)6-5-9-29(21)3/h7,10,12-13,32H,5-6,8-9,11,14-15H2,1-4H3. The molecule has 36 heavy (non-hydrogen) atoms. The summed E-state index contributed by atoms with van der Waals surface area (Å²) in [4.78, 5) is 14.2. The first-order valence-electron chi connectivity index (χ1n) is 11.8. The van der Waals surface area contributed by atoms with Gasteiger partial charge in [0.2, 0.25) is 5.43 Å². The molecular weight excluding hydrogens is 497 g/mol. The SMILES string of the molecule is CN1CCCc2c1c(=O)ccn2CC(O)(CC(C)(C)c1cc(S(C)(=O)=O)cc2c1OCC2)C(F)(F)F. The number of hydrogen-bond donors (Lipinski definition) is 1. The van der Waals surface area contributed by atoms with Gasteiger partial charge in [-0.05, 0) is 42.4 Å². The van der Waals surface area contributed by atoms with Crippen molar-refractivity contribution in [2.75, 3.05) is 31.4 Å². The van der Waals surface area contributed by atoms with Crippen molar-refractivity contribution >= 4 is 15.5 Å². The van der Waals surface area contributed by atoms with E-state index in [-0.39, 0.29) is 10.3 Å². The Bertz CT molecular complexity index is 1350. The third-order valence-electron chi connectivity index (χ3n) is 7.16. The van der Waals surface area contributed by atoms with Crippen LogP contribution < -0.4 is 15.1 Å². The number of benzene rings is 1. The van der Waals surface area contributed by atoms with Gasteiger partial charge in [0.25, 0.3) is 0 Å². The molecule has 198 valence electrons. The summed E-state index contributed by atoms with van der Waals surface area (Å²) in [7, 11) is -1.91. The normalized spacial score (nSPS) is 17.8. The summed E-state index contributed by atoms with van der Waals surface area (Å²) < 4.78 is 75.1. The molecule has 2 aliphatic rings. The van der Waals surface area contributed by atoms with E-state index in [1.54, 1.807) is 25.8 Å². The van der Waals surface area contributed by atoms with Gasteiger partial charge in [0, 0.05) is 49.8 Å². The second-order valence-corrected chi connectivity index (χ2v) is 12.6. The second kappa shape index (κ2) is 8.79. The average Bonchev–Trinajstić information content (AvgIpc) is 3.22. The topological polar surface area (TPSA) is 88.8 Å². The number of pyridine rings is 1. The molecular formula is C25H31F3N2O5S. The van der Waals surface area contributed by atoms with E-state index < -0.39 is 40.0 Å². The summed E-state index contributed by atoms with van der Waals surface area (Å²) in [5, 5.41) is 11.2. The molecule has 1 atom stereocenters. The van der Waals surface area contributed by atoms with Gasteiger partial charge in [-0.15, -0.1) is 0 Å². The highest BCUT2D eigenvalue weighted by atomic mass is 32.2. The van der Waals surface area contributed by atoms with Crippen LogP contribution in [0.4, 0.5) is 18.9 Å². The molecule has 0 aliphatic carbocycles. The molecule has 1 unspecified atom stereocenters. The number of halogens is 3. The van der Waals surface area contributed by atoms with Gasteiger partial charge >= 0.3 is 6.18 Å². The van der Waals surface area contributed by atoms with Gasteiger partial charge in [-0.3, -0.25) is 4.79 Å². The predicted molar refractivity (Wildman–Crippen MR) is 130 cm³/mol. The van der Waals surface area contributed by atoms with Gasteiger partial charge in [0.05, 0.1) is 18.0 Å². The summed E-state index contributed by atoms with van der Waals surface area (Å²) >= 11 is 0. The van der Waals surface area contributed by atoms with E-state index in [0.29, 0.717) is 60.7 Å². The van der Waals surface area contributed by atoms with Crippen molar-refractivity contribution in [3.05, 3.63) is 51.4 Å². The first-order valence-corrected chi connectivity index (χ1v) is 13.7. The van der Waals surface area contributed by atoms with Crippen molar-refractivity contribution in [3.63, 3.8) is 0 Å². The van der Waals surface area contributed by atoms with E-state index in [2.05, 4.69) is 0 Å². The highest BCUT2D eigenvalue weighted by Gasteiger charge is 2.56. The Morgan fingerprint density at radius 1 is 1.17 bits per heavy atom. The van der Waals surface area contributed by atoms with Crippen molar-refractivity contribution < 1.29 is 31.4 Å². The molecule has 0 saturated heterocycles. The van der Waals surface area contributed by atoms with Crippen molar-refractivity contribution in [1.82, 2.24) is 4.57 Å². The fourth-order valence-corrected chi connectivity index (χ4v) is 6.06. The highest BCUT2D eigenvalue weighted by Crippen LogP contribution is 2.47. The van der Waals surface area contributed by atoms with Crippen LogP contribution in [-0.2, 0) is 34.6 Å². The molecule has 0 saturated carbocycles. The zero-order chi connectivity index (χ0) is 26.7. The van der Waals surface area contributed by atoms with E-state index in [1.165, 1.54) is 29.0 Å². The van der Waals surface area contributed by atoms with Gasteiger partial charge in [-0.2, -0.15) is 13.2 Å². The van der Waals surface area contributed by atoms with E-state index in [4.69, 9.17) is 4.74 Å². The third kappa shape index (κ3) is 4.74. The monoisotopic (exact) mass is 528 g/mol. The minimum Gasteiger partial charge on any atom is -0.493 e. The number of aromatic nitrogens is 1.